The van der Waals surface area contributed by atoms with E-state index in [4.69, 9.17) is 4.74 Å². The molecule has 1 spiro atoms. The molecule has 10 rings (SSSR count). The van der Waals surface area contributed by atoms with Crippen LogP contribution in [0.25, 0.3) is 0 Å². The number of carbonyl (C=O) groups excluding carboxylic acids is 4. The molecule has 322 valence electrons. The topological polar surface area (TPSA) is 111 Å². The number of aryl methyl sites for hydroxylation is 2. The summed E-state index contributed by atoms with van der Waals surface area (Å²) in [5, 5.41) is 10.5. The second-order valence-corrected chi connectivity index (χ2v) is 22.1. The van der Waals surface area contributed by atoms with Gasteiger partial charge in [-0.1, -0.05) is 79.7 Å². The van der Waals surface area contributed by atoms with Gasteiger partial charge in [0, 0.05) is 47.8 Å². The van der Waals surface area contributed by atoms with Crippen LogP contribution < -0.4 is 14.7 Å². The van der Waals surface area contributed by atoms with Crippen LogP contribution in [0.4, 0.5) is 32.5 Å². The van der Waals surface area contributed by atoms with E-state index in [-0.39, 0.29) is 43.2 Å². The number of hydrogen-bond acceptors (Lipinski definition) is 6. The Morgan fingerprint density at radius 2 is 1.32 bits per heavy atom. The highest BCUT2D eigenvalue weighted by molar-refractivity contribution is 6.72. The van der Waals surface area contributed by atoms with E-state index in [1.165, 1.54) is 0 Å². The number of nitrogens with zero attached hydrogens (tertiary/aromatic N) is 4. The summed E-state index contributed by atoms with van der Waals surface area (Å²) in [5.41, 5.74) is 6.73. The molecule has 5 heterocycles. The van der Waals surface area contributed by atoms with Gasteiger partial charge in [-0.05, 0) is 103 Å². The molecule has 1 saturated heterocycles. The number of amides is 4. The first kappa shape index (κ1) is 41.1. The van der Waals surface area contributed by atoms with E-state index in [2.05, 4.69) is 0 Å². The molecule has 5 aliphatic heterocycles. The number of hydrogen-bond donors (Lipinski definition) is 1. The van der Waals surface area contributed by atoms with Gasteiger partial charge in [-0.25, -0.2) is 0 Å². The van der Waals surface area contributed by atoms with Crippen LogP contribution >= 0.6 is 0 Å². The lowest BCUT2D eigenvalue weighted by molar-refractivity contribution is -0.151. The molecule has 0 bridgehead atoms. The Balaban J connectivity index is 1.03. The third-order valence-corrected chi connectivity index (χ3v) is 16.6. The fourth-order valence-electron chi connectivity index (χ4n) is 11.2. The highest BCUT2D eigenvalue weighted by Crippen LogP contribution is 2.61. The van der Waals surface area contributed by atoms with Crippen molar-refractivity contribution in [3.05, 3.63) is 149 Å². The van der Waals surface area contributed by atoms with E-state index >= 15 is 8.90 Å². The van der Waals surface area contributed by atoms with Gasteiger partial charge in [-0.3, -0.25) is 29.0 Å². The van der Waals surface area contributed by atoms with Crippen molar-refractivity contribution in [2.24, 2.45) is 5.92 Å². The van der Waals surface area contributed by atoms with Gasteiger partial charge in [0.2, 0.25) is 26.1 Å². The number of aliphatic hydroxyl groups excluding tert-OH is 1. The molecule has 0 radical (unpaired) electrons. The summed E-state index contributed by atoms with van der Waals surface area (Å²) in [4.78, 5) is 63.8. The molecular weight excluding hydrogens is 812 g/mol. The third kappa shape index (κ3) is 6.81. The highest BCUT2D eigenvalue weighted by Gasteiger charge is 2.67. The number of carbonyl (C=O) groups is 4. The average Bonchev–Trinajstić information content (AvgIpc) is 3.71. The minimum atomic E-state index is -3.66. The van der Waals surface area contributed by atoms with Crippen molar-refractivity contribution in [3.8, 4) is 0 Å². The van der Waals surface area contributed by atoms with E-state index in [9.17, 15) is 19.5 Å². The number of halogens is 1. The molecule has 1 fully saturated rings. The Morgan fingerprint density at radius 1 is 0.746 bits per heavy atom. The first-order valence-corrected chi connectivity index (χ1v) is 25.0. The zero-order chi connectivity index (χ0) is 43.8. The first-order chi connectivity index (χ1) is 30.4. The molecule has 5 aromatic carbocycles. The van der Waals surface area contributed by atoms with Crippen LogP contribution in [0.15, 0.2) is 115 Å². The van der Waals surface area contributed by atoms with Crippen molar-refractivity contribution >= 4 is 60.5 Å². The Morgan fingerprint density at radius 3 is 1.94 bits per heavy atom. The summed E-state index contributed by atoms with van der Waals surface area (Å²) in [5.74, 6) is -1.35. The number of fused-ring (bicyclic) bond motifs is 5. The molecular formula is C51H51FN4O6Si. The maximum atomic E-state index is 17.0. The molecule has 5 aliphatic rings. The average molecular weight is 863 g/mol. The second kappa shape index (κ2) is 15.7. The first-order valence-electron chi connectivity index (χ1n) is 22.1. The van der Waals surface area contributed by atoms with Crippen LogP contribution in [0.2, 0.25) is 18.6 Å². The molecule has 5 aromatic rings. The lowest BCUT2D eigenvalue weighted by Crippen LogP contribution is -2.48. The monoisotopic (exact) mass is 862 g/mol. The van der Waals surface area contributed by atoms with Gasteiger partial charge in [0.1, 0.15) is 0 Å². The standard InChI is InChI=1S/C51H51FN4O6Si/c1-32-49(63(2,3)52)45(28-48(60)53-30-37-13-5-4-12-36(37)26-40(53)31-57)62-51(32)41-27-39(56-43-15-9-7-11-35(43)19-25-47(56)59)22-23-44(41)54(50(51)61)29-33-16-20-38(21-17-33)55-42-14-8-6-10-34(42)18-24-46(55)58/h4-17,20-23,27,32,40,45,49,57H,18-19,24-26,28-31H2,1-3H3/t32-,40-,45+,49-,51+/m0/s1. The zero-order valence-corrected chi connectivity index (χ0v) is 36.8. The Labute approximate surface area is 368 Å². The number of benzene rings is 5. The SMILES string of the molecule is C[C@H]1[C@H]([Si](C)(C)F)[C@@H](CC(=O)N2Cc3ccccc3C[C@H]2CO)O[C@]12C(=O)N(Cc1ccc(N3C(=O)CCc4ccccc43)cc1)c1ccc(N3C(=O)CCc4ccccc43)cc12. The van der Waals surface area contributed by atoms with Crippen molar-refractivity contribution < 1.29 is 33.1 Å². The Kier molecular flexibility index (Phi) is 10.2. The number of ether oxygens (including phenoxy) is 1. The predicted octanol–water partition coefficient (Wildman–Crippen LogP) is 8.57. The van der Waals surface area contributed by atoms with E-state index in [1.807, 2.05) is 122 Å². The molecule has 63 heavy (non-hydrogen) atoms. The van der Waals surface area contributed by atoms with Crippen molar-refractivity contribution in [1.29, 1.82) is 0 Å². The summed E-state index contributed by atoms with van der Waals surface area (Å²) in [6, 6.07) is 36.4. The van der Waals surface area contributed by atoms with Crippen molar-refractivity contribution in [3.63, 3.8) is 0 Å². The Hall–Kier alpha value is -5.95. The van der Waals surface area contributed by atoms with Crippen LogP contribution in [0, 0.1) is 5.92 Å². The minimum absolute atomic E-state index is 0.0175. The molecule has 0 saturated carbocycles. The molecule has 1 N–H and O–H groups in total. The molecule has 10 nitrogen and oxygen atoms in total. The maximum absolute atomic E-state index is 17.0. The van der Waals surface area contributed by atoms with Gasteiger partial charge in [0.05, 0.1) is 48.8 Å². The zero-order valence-electron chi connectivity index (χ0n) is 35.8. The number of anilines is 5. The molecule has 0 unspecified atom stereocenters. The van der Waals surface area contributed by atoms with Crippen LogP contribution in [0.1, 0.15) is 59.6 Å². The van der Waals surface area contributed by atoms with Crippen molar-refractivity contribution in [1.82, 2.24) is 4.90 Å². The van der Waals surface area contributed by atoms with Crippen LogP contribution in [0.5, 0.6) is 0 Å². The van der Waals surface area contributed by atoms with Gasteiger partial charge < -0.3 is 23.8 Å². The summed E-state index contributed by atoms with van der Waals surface area (Å²) in [6.07, 6.45) is 1.46. The van der Waals surface area contributed by atoms with Crippen molar-refractivity contribution in [2.75, 3.05) is 21.3 Å². The lowest BCUT2D eigenvalue weighted by atomic mass is 9.82. The molecule has 4 amide bonds. The van der Waals surface area contributed by atoms with E-state index in [1.54, 1.807) is 32.7 Å². The van der Waals surface area contributed by atoms with Gasteiger partial charge >= 0.3 is 0 Å². The Bertz CT molecular complexity index is 2670. The number of aliphatic hydroxyl groups is 1. The van der Waals surface area contributed by atoms with Gasteiger partial charge in [-0.15, -0.1) is 0 Å². The summed E-state index contributed by atoms with van der Waals surface area (Å²) >= 11 is 0. The number of para-hydroxylation sites is 2. The van der Waals surface area contributed by atoms with Crippen LogP contribution in [0.3, 0.4) is 0 Å². The van der Waals surface area contributed by atoms with Gasteiger partial charge in [0.15, 0.2) is 5.60 Å². The fourth-order valence-corrected chi connectivity index (χ4v) is 13.7. The largest absolute Gasteiger partial charge is 0.394 e. The van der Waals surface area contributed by atoms with Gasteiger partial charge in [0.25, 0.3) is 5.91 Å². The van der Waals surface area contributed by atoms with E-state index in [0.717, 1.165) is 44.9 Å². The molecule has 12 heteroatoms. The quantitative estimate of drug-likeness (QED) is 0.124. The minimum Gasteiger partial charge on any atom is -0.394 e. The molecule has 5 atom stereocenters. The van der Waals surface area contributed by atoms with E-state index in [0.29, 0.717) is 55.6 Å². The fraction of sp³-hybridized carbons (Fsp3) is 0.333. The normalized spacial score (nSPS) is 24.1. The summed E-state index contributed by atoms with van der Waals surface area (Å²) in [7, 11) is -3.66. The maximum Gasteiger partial charge on any atom is 0.264 e. The summed E-state index contributed by atoms with van der Waals surface area (Å²) in [6.45, 7) is 5.37. The number of rotatable bonds is 8. The molecule has 0 aromatic heterocycles. The van der Waals surface area contributed by atoms with E-state index < -0.39 is 37.6 Å². The summed E-state index contributed by atoms with van der Waals surface area (Å²) < 4.78 is 24.1. The molecule has 0 aliphatic carbocycles. The van der Waals surface area contributed by atoms with Crippen LogP contribution in [-0.2, 0) is 61.9 Å². The highest BCUT2D eigenvalue weighted by atomic mass is 28.4. The van der Waals surface area contributed by atoms with Crippen molar-refractivity contribution in [2.45, 2.75) is 94.9 Å². The lowest BCUT2D eigenvalue weighted by Gasteiger charge is -2.37. The third-order valence-electron chi connectivity index (χ3n) is 14.2. The van der Waals surface area contributed by atoms with Gasteiger partial charge in [-0.2, -0.15) is 0 Å². The van der Waals surface area contributed by atoms with Crippen LogP contribution in [-0.4, -0.2) is 60.8 Å². The second-order valence-electron chi connectivity index (χ2n) is 18.3. The smallest absolute Gasteiger partial charge is 0.264 e. The predicted molar refractivity (Wildman–Crippen MR) is 242 cm³/mol.